The Hall–Kier alpha value is -1.71. The number of piperidine rings is 1. The van der Waals surface area contributed by atoms with E-state index in [2.05, 4.69) is 72.4 Å². The predicted molar refractivity (Wildman–Crippen MR) is 106 cm³/mol. The van der Waals surface area contributed by atoms with E-state index in [0.29, 0.717) is 12.0 Å². The average molecular weight is 349 g/mol. The maximum atomic E-state index is 3.72. The van der Waals surface area contributed by atoms with Gasteiger partial charge in [-0.1, -0.05) is 49.0 Å². The summed E-state index contributed by atoms with van der Waals surface area (Å²) in [6.07, 6.45) is 2.49. The summed E-state index contributed by atoms with van der Waals surface area (Å²) < 4.78 is 0. The minimum absolute atomic E-state index is 0.639. The van der Waals surface area contributed by atoms with E-state index < -0.39 is 0 Å². The van der Waals surface area contributed by atoms with Crippen LogP contribution < -0.4 is 0 Å². The monoisotopic (exact) mass is 348 g/mol. The number of likely N-dealkylation sites (N-methyl/N-ethyl adjacent to an activating group) is 1. The molecule has 0 radical (unpaired) electrons. The average Bonchev–Trinajstić information content (AvgIpc) is 2.96. The quantitative estimate of drug-likeness (QED) is 0.678. The van der Waals surface area contributed by atoms with Gasteiger partial charge in [-0.25, -0.2) is 0 Å². The van der Waals surface area contributed by atoms with E-state index in [-0.39, 0.29) is 0 Å². The molecule has 0 saturated carbocycles. The first kappa shape index (κ1) is 15.5. The number of fused-ring (bicyclic) bond motifs is 2. The maximum Gasteiger partial charge on any atom is 0.0814 e. The Balaban J connectivity index is 1.64. The third-order valence-electron chi connectivity index (χ3n) is 5.98. The Morgan fingerprint density at radius 1 is 1.08 bits per heavy atom. The minimum Gasteiger partial charge on any atom is -0.349 e. The number of nitrogens with zero attached hydrogens (tertiary/aromatic N) is 1. The molecule has 2 nitrogen and oxygen atoms in total. The van der Waals surface area contributed by atoms with Crippen molar-refractivity contribution in [2.24, 2.45) is 5.92 Å². The Morgan fingerprint density at radius 2 is 1.92 bits per heavy atom. The van der Waals surface area contributed by atoms with Crippen molar-refractivity contribution >= 4 is 22.7 Å². The van der Waals surface area contributed by atoms with Gasteiger partial charge in [-0.05, 0) is 55.1 Å². The zero-order chi connectivity index (χ0) is 17.0. The van der Waals surface area contributed by atoms with Gasteiger partial charge in [-0.15, -0.1) is 0 Å². The Kier molecular flexibility index (Phi) is 3.68. The first-order chi connectivity index (χ1) is 12.2. The predicted octanol–water partition coefficient (Wildman–Crippen LogP) is 5.30. The van der Waals surface area contributed by atoms with Crippen molar-refractivity contribution in [2.45, 2.75) is 41.6 Å². The van der Waals surface area contributed by atoms with Crippen LogP contribution in [0.15, 0.2) is 58.5 Å². The molecule has 1 saturated heterocycles. The zero-order valence-corrected chi connectivity index (χ0v) is 15.6. The van der Waals surface area contributed by atoms with E-state index in [4.69, 9.17) is 0 Å². The molecule has 3 aromatic rings. The topological polar surface area (TPSA) is 19.0 Å². The highest BCUT2D eigenvalue weighted by atomic mass is 32.2. The SMILES string of the molecule is C[C@H]1CC2c3cccc4[nH]c(Sc5ccccc5)c(c34)C[C@H]2N(C)C1. The van der Waals surface area contributed by atoms with Crippen molar-refractivity contribution in [2.75, 3.05) is 13.6 Å². The Morgan fingerprint density at radius 3 is 2.76 bits per heavy atom. The van der Waals surface area contributed by atoms with E-state index in [1.165, 1.54) is 45.8 Å². The number of hydrogen-bond donors (Lipinski definition) is 1. The summed E-state index contributed by atoms with van der Waals surface area (Å²) in [5.74, 6) is 1.45. The van der Waals surface area contributed by atoms with Gasteiger partial charge in [0.05, 0.1) is 5.03 Å². The molecule has 3 atom stereocenters. The molecule has 2 aromatic carbocycles. The maximum absolute atomic E-state index is 3.72. The van der Waals surface area contributed by atoms with Crippen molar-refractivity contribution in [3.8, 4) is 0 Å². The van der Waals surface area contributed by atoms with Crippen molar-refractivity contribution in [1.82, 2.24) is 9.88 Å². The number of nitrogens with one attached hydrogen (secondary N) is 1. The van der Waals surface area contributed by atoms with Gasteiger partial charge in [0.1, 0.15) is 0 Å². The first-order valence-corrected chi connectivity index (χ1v) is 10.1. The fourth-order valence-electron chi connectivity index (χ4n) is 4.96. The third-order valence-corrected chi connectivity index (χ3v) is 7.04. The van der Waals surface area contributed by atoms with Gasteiger partial charge >= 0.3 is 0 Å². The lowest BCUT2D eigenvalue weighted by Crippen LogP contribution is -2.47. The van der Waals surface area contributed by atoms with Crippen LogP contribution in [0.2, 0.25) is 0 Å². The van der Waals surface area contributed by atoms with E-state index in [1.54, 1.807) is 5.56 Å². The number of rotatable bonds is 2. The lowest BCUT2D eigenvalue weighted by Gasteiger charge is -2.45. The normalized spacial score (nSPS) is 25.9. The molecule has 1 N–H and O–H groups in total. The van der Waals surface area contributed by atoms with Crippen LogP contribution in [-0.4, -0.2) is 29.5 Å². The molecule has 1 aromatic heterocycles. The van der Waals surface area contributed by atoms with Crippen LogP contribution >= 0.6 is 11.8 Å². The second-order valence-electron chi connectivity index (χ2n) is 7.78. The summed E-state index contributed by atoms with van der Waals surface area (Å²) in [6.45, 7) is 3.62. The van der Waals surface area contributed by atoms with E-state index in [1.807, 2.05) is 11.8 Å². The summed E-state index contributed by atoms with van der Waals surface area (Å²) in [4.78, 5) is 7.63. The molecule has 1 unspecified atom stereocenters. The summed E-state index contributed by atoms with van der Waals surface area (Å²) in [5, 5.41) is 2.84. The summed E-state index contributed by atoms with van der Waals surface area (Å²) in [7, 11) is 2.31. The summed E-state index contributed by atoms with van der Waals surface area (Å²) in [5.41, 5.74) is 4.41. The summed E-state index contributed by atoms with van der Waals surface area (Å²) in [6, 6.07) is 18.2. The van der Waals surface area contributed by atoms with Gasteiger partial charge in [-0.2, -0.15) is 0 Å². The highest BCUT2D eigenvalue weighted by Crippen LogP contribution is 2.47. The lowest BCUT2D eigenvalue weighted by molar-refractivity contribution is 0.119. The Bertz CT molecular complexity index is 914. The van der Waals surface area contributed by atoms with Gasteiger partial charge in [0, 0.05) is 34.3 Å². The number of hydrogen-bond acceptors (Lipinski definition) is 2. The molecule has 1 fully saturated rings. The molecular formula is C22H24N2S. The van der Waals surface area contributed by atoms with Crippen LogP contribution in [-0.2, 0) is 6.42 Å². The minimum atomic E-state index is 0.639. The molecule has 2 aliphatic rings. The van der Waals surface area contributed by atoms with Crippen molar-refractivity contribution in [3.63, 3.8) is 0 Å². The van der Waals surface area contributed by atoms with Crippen LogP contribution in [0.3, 0.4) is 0 Å². The molecule has 2 heterocycles. The fourth-order valence-corrected chi connectivity index (χ4v) is 5.96. The zero-order valence-electron chi connectivity index (χ0n) is 14.8. The summed E-state index contributed by atoms with van der Waals surface area (Å²) >= 11 is 1.87. The second-order valence-corrected chi connectivity index (χ2v) is 8.86. The second kappa shape index (κ2) is 5.93. The van der Waals surface area contributed by atoms with Crippen LogP contribution in [0, 0.1) is 5.92 Å². The lowest BCUT2D eigenvalue weighted by atomic mass is 9.73. The first-order valence-electron chi connectivity index (χ1n) is 9.27. The van der Waals surface area contributed by atoms with Crippen LogP contribution in [0.5, 0.6) is 0 Å². The molecule has 5 rings (SSSR count). The molecule has 0 spiro atoms. The van der Waals surface area contributed by atoms with E-state index in [0.717, 1.165) is 5.92 Å². The Labute approximate surface area is 153 Å². The smallest absolute Gasteiger partial charge is 0.0814 e. The van der Waals surface area contributed by atoms with Gasteiger partial charge in [-0.3, -0.25) is 0 Å². The van der Waals surface area contributed by atoms with Gasteiger partial charge in [0.15, 0.2) is 0 Å². The van der Waals surface area contributed by atoms with Crippen LogP contribution in [0.4, 0.5) is 0 Å². The molecule has 1 aliphatic carbocycles. The van der Waals surface area contributed by atoms with Gasteiger partial charge in [0.25, 0.3) is 0 Å². The molecule has 0 bridgehead atoms. The number of H-pyrrole nitrogens is 1. The van der Waals surface area contributed by atoms with Gasteiger partial charge in [0.2, 0.25) is 0 Å². The molecular weight excluding hydrogens is 324 g/mol. The highest BCUT2D eigenvalue weighted by molar-refractivity contribution is 7.99. The molecule has 3 heteroatoms. The number of benzene rings is 2. The molecule has 25 heavy (non-hydrogen) atoms. The molecule has 1 aliphatic heterocycles. The number of likely N-dealkylation sites (tertiary alicyclic amines) is 1. The standard InChI is InChI=1S/C22H24N2S/c1-14-11-17-16-9-6-10-19-21(16)18(12-20(17)24(2)13-14)22(23-19)25-15-7-4-3-5-8-15/h3-10,14,17,20,23H,11-13H2,1-2H3/t14-,17?,20+/m0/s1. The van der Waals surface area contributed by atoms with Crippen molar-refractivity contribution < 1.29 is 0 Å². The number of aromatic amines is 1. The van der Waals surface area contributed by atoms with E-state index >= 15 is 0 Å². The highest BCUT2D eigenvalue weighted by Gasteiger charge is 2.39. The number of aromatic nitrogens is 1. The van der Waals surface area contributed by atoms with Gasteiger partial charge < -0.3 is 9.88 Å². The van der Waals surface area contributed by atoms with Crippen LogP contribution in [0.1, 0.15) is 30.4 Å². The van der Waals surface area contributed by atoms with Crippen LogP contribution in [0.25, 0.3) is 10.9 Å². The third kappa shape index (κ3) is 2.52. The van der Waals surface area contributed by atoms with Crippen molar-refractivity contribution in [1.29, 1.82) is 0 Å². The molecule has 0 amide bonds. The van der Waals surface area contributed by atoms with Crippen molar-refractivity contribution in [3.05, 3.63) is 59.7 Å². The fraction of sp³-hybridized carbons (Fsp3) is 0.364. The molecule has 128 valence electrons. The van der Waals surface area contributed by atoms with E-state index in [9.17, 15) is 0 Å². The largest absolute Gasteiger partial charge is 0.349 e.